The van der Waals surface area contributed by atoms with Crippen LogP contribution in [-0.2, 0) is 14.3 Å². The molecule has 3 aromatic rings. The maximum absolute atomic E-state index is 14.4. The molecule has 14 heteroatoms. The van der Waals surface area contributed by atoms with Crippen LogP contribution in [0.5, 0.6) is 0 Å². The van der Waals surface area contributed by atoms with E-state index in [1.807, 2.05) is 0 Å². The number of nitriles is 1. The lowest BCUT2D eigenvalue weighted by Gasteiger charge is -2.45. The summed E-state index contributed by atoms with van der Waals surface area (Å²) in [5.74, 6) is -2.16. The number of aliphatic hydroxyl groups is 3. The minimum Gasteiger partial charge on any atom is -0.394 e. The summed E-state index contributed by atoms with van der Waals surface area (Å²) >= 11 is 3.38. The minimum absolute atomic E-state index is 0.101. The number of nitrogens with zero attached hydrogens (tertiary/aromatic N) is 5. The van der Waals surface area contributed by atoms with E-state index in [2.05, 4.69) is 32.3 Å². The van der Waals surface area contributed by atoms with Gasteiger partial charge in [-0.2, -0.15) is 5.26 Å². The van der Waals surface area contributed by atoms with Crippen LogP contribution >= 0.6 is 15.9 Å². The van der Waals surface area contributed by atoms with Gasteiger partial charge in [0.1, 0.15) is 41.7 Å². The molecule has 1 amide bonds. The molecule has 5 rings (SSSR count). The van der Waals surface area contributed by atoms with E-state index in [0.717, 1.165) is 12.1 Å². The van der Waals surface area contributed by atoms with Crippen molar-refractivity contribution in [3.05, 3.63) is 63.8 Å². The molecule has 1 aliphatic carbocycles. The second-order valence-electron chi connectivity index (χ2n) is 10.7. The Kier molecular flexibility index (Phi) is 9.21. The van der Waals surface area contributed by atoms with Gasteiger partial charge in [-0.15, -0.1) is 5.10 Å². The number of hydrogen-bond donors (Lipinski definition) is 3. The summed E-state index contributed by atoms with van der Waals surface area (Å²) < 4.78 is 42.0. The standard InChI is InChI=1S/C29H30BrF2N5O6/c1-14-19(31)8-16(9-20(14)32)21-12-36(35-34-21)25-26(40)24(13-38)43-28(27(25)42-2)29(41)37(22-4-3-5-23(22)39)18-7-15(11-33)6-17(30)10-18/h6-10,12,22-28,38-40H,3-5,13H2,1-2H3/t22-,23-,24?,25?,26?,27?,28?/m0/s1. The number of carbonyl (C=O) groups excluding carboxylic acids is 1. The predicted octanol–water partition coefficient (Wildman–Crippen LogP) is 2.79. The van der Waals surface area contributed by atoms with E-state index in [4.69, 9.17) is 9.47 Å². The molecule has 1 aliphatic heterocycles. The van der Waals surface area contributed by atoms with Crippen molar-refractivity contribution in [3.63, 3.8) is 0 Å². The molecule has 5 unspecified atom stereocenters. The maximum atomic E-state index is 14.4. The summed E-state index contributed by atoms with van der Waals surface area (Å²) in [6.45, 7) is 0.650. The molecule has 0 bridgehead atoms. The number of rotatable bonds is 7. The number of ether oxygens (including phenoxy) is 2. The van der Waals surface area contributed by atoms with Gasteiger partial charge in [0.2, 0.25) is 0 Å². The number of aromatic nitrogens is 3. The number of methoxy groups -OCH3 is 1. The van der Waals surface area contributed by atoms with E-state index in [9.17, 15) is 34.2 Å². The van der Waals surface area contributed by atoms with Gasteiger partial charge in [-0.1, -0.05) is 21.1 Å². The summed E-state index contributed by atoms with van der Waals surface area (Å²) in [5, 5.41) is 49.8. The molecule has 1 saturated heterocycles. The lowest BCUT2D eigenvalue weighted by atomic mass is 9.91. The van der Waals surface area contributed by atoms with Gasteiger partial charge in [0.15, 0.2) is 6.10 Å². The Balaban J connectivity index is 1.55. The van der Waals surface area contributed by atoms with Gasteiger partial charge in [0, 0.05) is 28.4 Å². The fourth-order valence-corrected chi connectivity index (χ4v) is 6.31. The van der Waals surface area contributed by atoms with Crippen LogP contribution in [0.15, 0.2) is 41.0 Å². The van der Waals surface area contributed by atoms with Crippen molar-refractivity contribution in [2.45, 2.75) is 68.8 Å². The third kappa shape index (κ3) is 5.93. The van der Waals surface area contributed by atoms with Crippen LogP contribution in [0.3, 0.4) is 0 Å². The van der Waals surface area contributed by atoms with Crippen molar-refractivity contribution < 1.29 is 38.4 Å². The first-order valence-corrected chi connectivity index (χ1v) is 14.4. The zero-order chi connectivity index (χ0) is 31.0. The first-order valence-electron chi connectivity index (χ1n) is 13.6. The Hall–Kier alpha value is -3.32. The maximum Gasteiger partial charge on any atom is 0.259 e. The molecule has 0 spiro atoms. The highest BCUT2D eigenvalue weighted by molar-refractivity contribution is 9.10. The number of benzene rings is 2. The molecular formula is C29H30BrF2N5O6. The van der Waals surface area contributed by atoms with Gasteiger partial charge < -0.3 is 29.7 Å². The summed E-state index contributed by atoms with van der Waals surface area (Å²) in [6, 6.07) is 7.28. The largest absolute Gasteiger partial charge is 0.394 e. The molecular weight excluding hydrogens is 632 g/mol. The second kappa shape index (κ2) is 12.7. The Morgan fingerprint density at radius 2 is 1.95 bits per heavy atom. The minimum atomic E-state index is -1.43. The normalized spacial score (nSPS) is 27.2. The highest BCUT2D eigenvalue weighted by atomic mass is 79.9. The number of carbonyl (C=O) groups is 1. The fourth-order valence-electron chi connectivity index (χ4n) is 5.83. The monoisotopic (exact) mass is 661 g/mol. The van der Waals surface area contributed by atoms with Gasteiger partial charge in [-0.05, 0) is 56.5 Å². The van der Waals surface area contributed by atoms with Gasteiger partial charge in [-0.3, -0.25) is 4.79 Å². The van der Waals surface area contributed by atoms with Crippen LogP contribution in [0.4, 0.5) is 14.5 Å². The molecule has 2 heterocycles. The third-order valence-corrected chi connectivity index (χ3v) is 8.54. The second-order valence-corrected chi connectivity index (χ2v) is 11.6. The van der Waals surface area contributed by atoms with Crippen LogP contribution < -0.4 is 4.90 Å². The molecule has 2 fully saturated rings. The lowest BCUT2D eigenvalue weighted by Crippen LogP contribution is -2.62. The van der Waals surface area contributed by atoms with Crippen molar-refractivity contribution in [1.29, 1.82) is 5.26 Å². The smallest absolute Gasteiger partial charge is 0.259 e. The quantitative estimate of drug-likeness (QED) is 0.347. The number of anilines is 1. The first kappa shape index (κ1) is 31.1. The third-order valence-electron chi connectivity index (χ3n) is 8.08. The Labute approximate surface area is 254 Å². The molecule has 1 saturated carbocycles. The van der Waals surface area contributed by atoms with Crippen LogP contribution in [-0.4, -0.2) is 86.5 Å². The topological polar surface area (TPSA) is 154 Å². The SMILES string of the molecule is COC1C(C(=O)N(c2cc(Br)cc(C#N)c2)[C@H]2CCC[C@@H]2O)OC(CO)C(O)C1n1cc(-c2cc(F)c(C)c(F)c2)nn1. The van der Waals surface area contributed by atoms with Crippen molar-refractivity contribution in [2.24, 2.45) is 0 Å². The Bertz CT molecular complexity index is 1530. The summed E-state index contributed by atoms with van der Waals surface area (Å²) in [5.41, 5.74) is 0.687. The molecule has 3 N–H and O–H groups in total. The van der Waals surface area contributed by atoms with Crippen LogP contribution in [0, 0.1) is 29.9 Å². The van der Waals surface area contributed by atoms with E-state index in [0.29, 0.717) is 29.4 Å². The molecule has 43 heavy (non-hydrogen) atoms. The average molecular weight is 662 g/mol. The molecule has 7 atom stereocenters. The number of halogens is 3. The van der Waals surface area contributed by atoms with Gasteiger partial charge >= 0.3 is 0 Å². The van der Waals surface area contributed by atoms with Gasteiger partial charge in [-0.25, -0.2) is 13.5 Å². The highest BCUT2D eigenvalue weighted by Crippen LogP contribution is 2.37. The van der Waals surface area contributed by atoms with Gasteiger partial charge in [0.25, 0.3) is 5.91 Å². The Morgan fingerprint density at radius 1 is 1.23 bits per heavy atom. The van der Waals surface area contributed by atoms with Crippen LogP contribution in [0.2, 0.25) is 0 Å². The summed E-state index contributed by atoms with van der Waals surface area (Å²) in [6.07, 6.45) is -3.15. The van der Waals surface area contributed by atoms with E-state index in [-0.39, 0.29) is 22.4 Å². The highest BCUT2D eigenvalue weighted by Gasteiger charge is 2.52. The summed E-state index contributed by atoms with van der Waals surface area (Å²) in [7, 11) is 1.32. The molecule has 2 aromatic carbocycles. The molecule has 11 nitrogen and oxygen atoms in total. The van der Waals surface area contributed by atoms with Crippen molar-refractivity contribution >= 4 is 27.5 Å². The van der Waals surface area contributed by atoms with Crippen molar-refractivity contribution in [3.8, 4) is 17.3 Å². The van der Waals surface area contributed by atoms with E-state index >= 15 is 0 Å². The lowest BCUT2D eigenvalue weighted by molar-refractivity contribution is -0.211. The molecule has 0 radical (unpaired) electrons. The van der Waals surface area contributed by atoms with Crippen LogP contribution in [0.1, 0.15) is 36.4 Å². The number of amides is 1. The number of hydrogen-bond acceptors (Lipinski definition) is 9. The number of aliphatic hydroxyl groups excluding tert-OH is 3. The average Bonchev–Trinajstić information content (AvgIpc) is 3.64. The fraction of sp³-hybridized carbons (Fsp3) is 0.448. The summed E-state index contributed by atoms with van der Waals surface area (Å²) in [4.78, 5) is 15.8. The van der Waals surface area contributed by atoms with E-state index in [1.165, 1.54) is 35.9 Å². The van der Waals surface area contributed by atoms with Crippen molar-refractivity contribution in [1.82, 2.24) is 15.0 Å². The van der Waals surface area contributed by atoms with Crippen molar-refractivity contribution in [2.75, 3.05) is 18.6 Å². The van der Waals surface area contributed by atoms with E-state index < -0.39 is 66.8 Å². The predicted molar refractivity (Wildman–Crippen MR) is 152 cm³/mol. The van der Waals surface area contributed by atoms with Gasteiger partial charge in [0.05, 0.1) is 36.6 Å². The molecule has 228 valence electrons. The van der Waals surface area contributed by atoms with Crippen LogP contribution in [0.25, 0.3) is 11.3 Å². The zero-order valence-electron chi connectivity index (χ0n) is 23.3. The zero-order valence-corrected chi connectivity index (χ0v) is 24.9. The first-order chi connectivity index (χ1) is 20.6. The van der Waals surface area contributed by atoms with E-state index in [1.54, 1.807) is 12.1 Å². The molecule has 1 aromatic heterocycles. The Morgan fingerprint density at radius 3 is 2.56 bits per heavy atom. The molecule has 2 aliphatic rings.